The maximum absolute atomic E-state index is 12.1. The molecule has 2 rings (SSSR count). The second-order valence-corrected chi connectivity index (χ2v) is 5.20. The van der Waals surface area contributed by atoms with Crippen LogP contribution in [0.4, 0.5) is 10.5 Å². The molecule has 0 spiro atoms. The number of rotatable bonds is 8. The van der Waals surface area contributed by atoms with E-state index in [1.165, 1.54) is 0 Å². The first kappa shape index (κ1) is 18.0. The average molecular weight is 350 g/mol. The second kappa shape index (κ2) is 9.75. The van der Waals surface area contributed by atoms with Gasteiger partial charge < -0.3 is 20.1 Å². The number of aromatic nitrogens is 1. The molecule has 2 aromatic rings. The van der Waals surface area contributed by atoms with E-state index < -0.39 is 0 Å². The van der Waals surface area contributed by atoms with Crippen molar-refractivity contribution < 1.29 is 14.3 Å². The number of benzene rings is 1. The minimum absolute atomic E-state index is 0.327. The Morgan fingerprint density at radius 3 is 2.83 bits per heavy atom. The molecule has 0 atom stereocenters. The molecule has 24 heavy (non-hydrogen) atoms. The van der Waals surface area contributed by atoms with Gasteiger partial charge in [-0.3, -0.25) is 4.98 Å². The van der Waals surface area contributed by atoms with Crippen molar-refractivity contribution in [3.8, 4) is 5.75 Å². The van der Waals surface area contributed by atoms with E-state index >= 15 is 0 Å². The van der Waals surface area contributed by atoms with E-state index in [-0.39, 0.29) is 6.03 Å². The summed E-state index contributed by atoms with van der Waals surface area (Å²) in [6.45, 7) is 3.66. The van der Waals surface area contributed by atoms with E-state index in [0.717, 1.165) is 5.69 Å². The van der Waals surface area contributed by atoms with Crippen LogP contribution in [0.2, 0.25) is 5.02 Å². The molecule has 2 amide bonds. The van der Waals surface area contributed by atoms with Crippen molar-refractivity contribution in [2.45, 2.75) is 13.5 Å². The van der Waals surface area contributed by atoms with Crippen molar-refractivity contribution in [2.75, 3.05) is 25.1 Å². The summed E-state index contributed by atoms with van der Waals surface area (Å²) in [5.74, 6) is 0.423. The zero-order valence-corrected chi connectivity index (χ0v) is 14.2. The number of halogens is 1. The van der Waals surface area contributed by atoms with E-state index in [0.29, 0.717) is 42.8 Å². The van der Waals surface area contributed by atoms with Crippen LogP contribution in [0.3, 0.4) is 0 Å². The first-order valence-electron chi connectivity index (χ1n) is 7.64. The van der Waals surface area contributed by atoms with Crippen molar-refractivity contribution in [3.05, 3.63) is 53.3 Å². The normalized spacial score (nSPS) is 10.2. The summed E-state index contributed by atoms with van der Waals surface area (Å²) in [5, 5.41) is 5.89. The Morgan fingerprint density at radius 1 is 1.21 bits per heavy atom. The van der Waals surface area contributed by atoms with Crippen molar-refractivity contribution >= 4 is 23.3 Å². The zero-order chi connectivity index (χ0) is 17.2. The number of nitrogens with zero attached hydrogens (tertiary/aromatic N) is 1. The molecule has 0 aliphatic carbocycles. The molecular formula is C17H20ClN3O3. The highest BCUT2D eigenvalue weighted by molar-refractivity contribution is 6.32. The Morgan fingerprint density at radius 2 is 2.08 bits per heavy atom. The minimum atomic E-state index is -0.363. The van der Waals surface area contributed by atoms with Gasteiger partial charge in [0.1, 0.15) is 6.61 Å². The monoisotopic (exact) mass is 349 g/mol. The Labute approximate surface area is 146 Å². The third kappa shape index (κ3) is 5.72. The van der Waals surface area contributed by atoms with Crippen molar-refractivity contribution in [1.29, 1.82) is 0 Å². The SMILES string of the molecule is CCOCCOc1c(Cl)cccc1NC(=O)NCc1ccccn1. The van der Waals surface area contributed by atoms with E-state index in [9.17, 15) is 4.79 Å². The first-order valence-corrected chi connectivity index (χ1v) is 8.02. The van der Waals surface area contributed by atoms with Crippen LogP contribution < -0.4 is 15.4 Å². The topological polar surface area (TPSA) is 72.5 Å². The van der Waals surface area contributed by atoms with Gasteiger partial charge in [0.25, 0.3) is 0 Å². The highest BCUT2D eigenvalue weighted by Crippen LogP contribution is 2.32. The maximum Gasteiger partial charge on any atom is 0.319 e. The highest BCUT2D eigenvalue weighted by Gasteiger charge is 2.11. The fraction of sp³-hybridized carbons (Fsp3) is 0.294. The Balaban J connectivity index is 1.93. The lowest BCUT2D eigenvalue weighted by atomic mass is 10.3. The van der Waals surface area contributed by atoms with Gasteiger partial charge in [-0.15, -0.1) is 0 Å². The van der Waals surface area contributed by atoms with Crippen LogP contribution in [-0.2, 0) is 11.3 Å². The lowest BCUT2D eigenvalue weighted by Crippen LogP contribution is -2.28. The molecular weight excluding hydrogens is 330 g/mol. The van der Waals surface area contributed by atoms with E-state index in [1.807, 2.05) is 25.1 Å². The quantitative estimate of drug-likeness (QED) is 0.716. The number of carbonyl (C=O) groups excluding carboxylic acids is 1. The summed E-state index contributed by atoms with van der Waals surface area (Å²) in [4.78, 5) is 16.2. The summed E-state index contributed by atoms with van der Waals surface area (Å²) < 4.78 is 10.9. The van der Waals surface area contributed by atoms with Gasteiger partial charge in [0.15, 0.2) is 5.75 Å². The fourth-order valence-corrected chi connectivity index (χ4v) is 2.17. The maximum atomic E-state index is 12.1. The molecule has 0 radical (unpaired) electrons. The smallest absolute Gasteiger partial charge is 0.319 e. The third-order valence-electron chi connectivity index (χ3n) is 3.05. The first-order chi connectivity index (χ1) is 11.7. The molecule has 1 heterocycles. The predicted octanol–water partition coefficient (Wildman–Crippen LogP) is 3.47. The average Bonchev–Trinajstić information content (AvgIpc) is 2.60. The summed E-state index contributed by atoms with van der Waals surface area (Å²) in [6, 6.07) is 10.3. The van der Waals surface area contributed by atoms with Crippen LogP contribution in [0.15, 0.2) is 42.6 Å². The molecule has 0 bridgehead atoms. The number of urea groups is 1. The van der Waals surface area contributed by atoms with Gasteiger partial charge in [0.2, 0.25) is 0 Å². The second-order valence-electron chi connectivity index (χ2n) is 4.79. The largest absolute Gasteiger partial charge is 0.487 e. The number of para-hydroxylation sites is 1. The summed E-state index contributed by atoms with van der Waals surface area (Å²) in [6.07, 6.45) is 1.68. The molecule has 0 fully saturated rings. The molecule has 2 N–H and O–H groups in total. The number of hydrogen-bond donors (Lipinski definition) is 2. The lowest BCUT2D eigenvalue weighted by molar-refractivity contribution is 0.110. The van der Waals surface area contributed by atoms with Gasteiger partial charge in [-0.2, -0.15) is 0 Å². The zero-order valence-electron chi connectivity index (χ0n) is 13.4. The molecule has 0 aliphatic heterocycles. The standard InChI is InChI=1S/C17H20ClN3O3/c1-2-23-10-11-24-16-14(18)7-5-8-15(16)21-17(22)20-12-13-6-3-4-9-19-13/h3-9H,2,10-12H2,1H3,(H2,20,21,22). The molecule has 0 saturated carbocycles. The molecule has 7 heteroatoms. The Hall–Kier alpha value is -2.31. The van der Waals surface area contributed by atoms with Crippen LogP contribution in [0.5, 0.6) is 5.75 Å². The van der Waals surface area contributed by atoms with Crippen LogP contribution in [-0.4, -0.2) is 30.8 Å². The number of nitrogens with one attached hydrogen (secondary N) is 2. The Kier molecular flexibility index (Phi) is 7.32. The summed E-state index contributed by atoms with van der Waals surface area (Å²) in [7, 11) is 0. The van der Waals surface area contributed by atoms with Crippen LogP contribution in [0.1, 0.15) is 12.6 Å². The third-order valence-corrected chi connectivity index (χ3v) is 3.35. The molecule has 0 saturated heterocycles. The van der Waals surface area contributed by atoms with Gasteiger partial charge in [0, 0.05) is 12.8 Å². The number of hydrogen-bond acceptors (Lipinski definition) is 4. The van der Waals surface area contributed by atoms with E-state index in [4.69, 9.17) is 21.1 Å². The van der Waals surface area contributed by atoms with Gasteiger partial charge in [-0.25, -0.2) is 4.79 Å². The number of carbonyl (C=O) groups is 1. The molecule has 0 unspecified atom stereocenters. The molecule has 1 aromatic carbocycles. The van der Waals surface area contributed by atoms with Gasteiger partial charge in [0.05, 0.1) is 29.6 Å². The van der Waals surface area contributed by atoms with Gasteiger partial charge in [-0.1, -0.05) is 23.7 Å². The van der Waals surface area contributed by atoms with Crippen molar-refractivity contribution in [2.24, 2.45) is 0 Å². The fourth-order valence-electron chi connectivity index (χ4n) is 1.94. The molecule has 0 aliphatic rings. The highest BCUT2D eigenvalue weighted by atomic mass is 35.5. The van der Waals surface area contributed by atoms with Crippen LogP contribution in [0, 0.1) is 0 Å². The minimum Gasteiger partial charge on any atom is -0.487 e. The summed E-state index contributed by atoms with van der Waals surface area (Å²) >= 11 is 6.15. The predicted molar refractivity (Wildman–Crippen MR) is 93.5 cm³/mol. The van der Waals surface area contributed by atoms with E-state index in [2.05, 4.69) is 15.6 Å². The molecule has 6 nitrogen and oxygen atoms in total. The Bertz CT molecular complexity index is 653. The van der Waals surface area contributed by atoms with Crippen LogP contribution in [0.25, 0.3) is 0 Å². The van der Waals surface area contributed by atoms with Crippen LogP contribution >= 0.6 is 11.6 Å². The molecule has 1 aromatic heterocycles. The summed E-state index contributed by atoms with van der Waals surface area (Å²) in [5.41, 5.74) is 1.27. The van der Waals surface area contributed by atoms with Gasteiger partial charge in [-0.05, 0) is 31.2 Å². The van der Waals surface area contributed by atoms with Gasteiger partial charge >= 0.3 is 6.03 Å². The lowest BCUT2D eigenvalue weighted by Gasteiger charge is -2.14. The van der Waals surface area contributed by atoms with Crippen molar-refractivity contribution in [3.63, 3.8) is 0 Å². The number of ether oxygens (including phenoxy) is 2. The number of anilines is 1. The van der Waals surface area contributed by atoms with Crippen molar-refractivity contribution in [1.82, 2.24) is 10.3 Å². The number of amides is 2. The molecule has 128 valence electrons. The number of pyridine rings is 1. The van der Waals surface area contributed by atoms with E-state index in [1.54, 1.807) is 24.4 Å².